The van der Waals surface area contributed by atoms with Crippen LogP contribution in [0.4, 0.5) is 5.69 Å². The summed E-state index contributed by atoms with van der Waals surface area (Å²) in [6, 6.07) is 4.24. The normalized spacial score (nSPS) is 11.4. The number of rotatable bonds is 6. The zero-order valence-electron chi connectivity index (χ0n) is 12.4. The van der Waals surface area contributed by atoms with E-state index in [1.165, 1.54) is 12.1 Å². The van der Waals surface area contributed by atoms with E-state index in [1.54, 1.807) is 19.9 Å². The molecular formula is C14H14ClN3O5. The zero-order chi connectivity index (χ0) is 17.6. The van der Waals surface area contributed by atoms with Crippen LogP contribution in [0, 0.1) is 27.4 Å². The average molecular weight is 340 g/mol. The predicted molar refractivity (Wildman–Crippen MR) is 80.8 cm³/mol. The van der Waals surface area contributed by atoms with Crippen LogP contribution in [0.3, 0.4) is 0 Å². The van der Waals surface area contributed by atoms with Gasteiger partial charge in [-0.1, -0.05) is 25.4 Å². The summed E-state index contributed by atoms with van der Waals surface area (Å²) in [5.41, 5.74) is -0.424. The number of hydrogen-bond donors (Lipinski definition) is 1. The van der Waals surface area contributed by atoms with E-state index in [1.807, 2.05) is 0 Å². The predicted octanol–water partition coefficient (Wildman–Crippen LogP) is 2.07. The molecule has 0 spiro atoms. The number of hydrogen-bond acceptors (Lipinski definition) is 6. The van der Waals surface area contributed by atoms with Crippen molar-refractivity contribution in [3.8, 4) is 6.07 Å². The molecule has 0 saturated carbocycles. The lowest BCUT2D eigenvalue weighted by Crippen LogP contribution is -2.45. The number of benzene rings is 1. The molecule has 0 aliphatic carbocycles. The van der Waals surface area contributed by atoms with Gasteiger partial charge in [-0.2, -0.15) is 5.26 Å². The first-order chi connectivity index (χ1) is 10.8. The number of nitrogens with zero attached hydrogens (tertiary/aromatic N) is 2. The van der Waals surface area contributed by atoms with Gasteiger partial charge in [0.2, 0.25) is 0 Å². The number of nitro benzene ring substituents is 1. The molecule has 0 bridgehead atoms. The minimum absolute atomic E-state index is 0.0140. The number of ether oxygens (including phenoxy) is 1. The highest BCUT2D eigenvalue weighted by atomic mass is 35.5. The summed E-state index contributed by atoms with van der Waals surface area (Å²) in [6.07, 6.45) is 0. The van der Waals surface area contributed by atoms with E-state index < -0.39 is 35.1 Å². The summed E-state index contributed by atoms with van der Waals surface area (Å²) >= 11 is 5.68. The Labute approximate surface area is 137 Å². The molecule has 1 rings (SSSR count). The summed E-state index contributed by atoms with van der Waals surface area (Å²) < 4.78 is 4.69. The number of halogens is 1. The van der Waals surface area contributed by atoms with Crippen molar-refractivity contribution in [2.45, 2.75) is 19.9 Å². The molecule has 1 amide bonds. The highest BCUT2D eigenvalue weighted by Gasteiger charge is 2.27. The molecule has 8 nitrogen and oxygen atoms in total. The van der Waals surface area contributed by atoms with Crippen molar-refractivity contribution in [2.24, 2.45) is 5.92 Å². The van der Waals surface area contributed by atoms with Crippen molar-refractivity contribution in [3.05, 3.63) is 38.9 Å². The number of nitriles is 1. The second-order valence-electron chi connectivity index (χ2n) is 4.88. The second-order valence-corrected chi connectivity index (χ2v) is 5.29. The summed E-state index contributed by atoms with van der Waals surface area (Å²) in [5.74, 6) is -1.73. The van der Waals surface area contributed by atoms with Crippen LogP contribution in [0.15, 0.2) is 18.2 Å². The van der Waals surface area contributed by atoms with Gasteiger partial charge < -0.3 is 10.1 Å². The van der Waals surface area contributed by atoms with Gasteiger partial charge in [-0.15, -0.1) is 0 Å². The lowest BCUT2D eigenvalue weighted by Gasteiger charge is -2.20. The number of nitro groups is 1. The first-order valence-electron chi connectivity index (χ1n) is 6.56. The molecular weight excluding hydrogens is 326 g/mol. The summed E-state index contributed by atoms with van der Waals surface area (Å²) in [5, 5.41) is 21.6. The first kappa shape index (κ1) is 18.4. The molecule has 0 aliphatic heterocycles. The monoisotopic (exact) mass is 339 g/mol. The first-order valence-corrected chi connectivity index (χ1v) is 6.94. The van der Waals surface area contributed by atoms with Gasteiger partial charge in [0.1, 0.15) is 17.1 Å². The van der Waals surface area contributed by atoms with E-state index in [0.29, 0.717) is 0 Å². The number of amides is 1. The second kappa shape index (κ2) is 8.10. The SMILES string of the molecule is CC(C)[C@H](NC(=O)c1ccc(Cl)c([N+](=O)[O-])c1)C(=O)OCC#N. The molecule has 122 valence electrons. The third-order valence-electron chi connectivity index (χ3n) is 2.89. The van der Waals surface area contributed by atoms with E-state index in [0.717, 1.165) is 6.07 Å². The topological polar surface area (TPSA) is 122 Å². The van der Waals surface area contributed by atoms with Gasteiger partial charge >= 0.3 is 5.97 Å². The molecule has 0 aromatic heterocycles. The van der Waals surface area contributed by atoms with Gasteiger partial charge in [-0.25, -0.2) is 4.79 Å². The van der Waals surface area contributed by atoms with Gasteiger partial charge in [0.05, 0.1) is 4.92 Å². The maximum absolute atomic E-state index is 12.2. The molecule has 0 aliphatic rings. The van der Waals surface area contributed by atoms with Crippen molar-refractivity contribution >= 4 is 29.2 Å². The molecule has 1 atom stereocenters. The van der Waals surface area contributed by atoms with Crippen molar-refractivity contribution in [1.82, 2.24) is 5.32 Å². The molecule has 0 radical (unpaired) electrons. The van der Waals surface area contributed by atoms with Crippen molar-refractivity contribution in [3.63, 3.8) is 0 Å². The van der Waals surface area contributed by atoms with Crippen LogP contribution in [0.1, 0.15) is 24.2 Å². The maximum Gasteiger partial charge on any atom is 0.329 e. The Bertz CT molecular complexity index is 669. The number of carbonyl (C=O) groups is 2. The maximum atomic E-state index is 12.2. The van der Waals surface area contributed by atoms with Gasteiger partial charge in [0, 0.05) is 11.6 Å². The fourth-order valence-electron chi connectivity index (χ4n) is 1.71. The van der Waals surface area contributed by atoms with Crippen molar-refractivity contribution < 1.29 is 19.2 Å². The molecule has 1 aromatic rings. The molecule has 23 heavy (non-hydrogen) atoms. The van der Waals surface area contributed by atoms with Crippen LogP contribution in [-0.2, 0) is 9.53 Å². The molecule has 0 saturated heterocycles. The van der Waals surface area contributed by atoms with Crippen LogP contribution in [0.5, 0.6) is 0 Å². The van der Waals surface area contributed by atoms with Gasteiger partial charge in [0.25, 0.3) is 11.6 Å². The van der Waals surface area contributed by atoms with Gasteiger partial charge in [0.15, 0.2) is 6.61 Å². The quantitative estimate of drug-likeness (QED) is 0.481. The average Bonchev–Trinajstić information content (AvgIpc) is 2.49. The van der Waals surface area contributed by atoms with Crippen LogP contribution in [0.25, 0.3) is 0 Å². The van der Waals surface area contributed by atoms with E-state index in [4.69, 9.17) is 16.9 Å². The number of carbonyl (C=O) groups excluding carboxylic acids is 2. The molecule has 1 N–H and O–H groups in total. The van der Waals surface area contributed by atoms with Crippen LogP contribution in [0.2, 0.25) is 5.02 Å². The van der Waals surface area contributed by atoms with E-state index in [-0.39, 0.29) is 16.5 Å². The fourth-order valence-corrected chi connectivity index (χ4v) is 1.90. The Balaban J connectivity index is 2.96. The Morgan fingerprint density at radius 3 is 2.65 bits per heavy atom. The van der Waals surface area contributed by atoms with Crippen LogP contribution < -0.4 is 5.32 Å². The minimum atomic E-state index is -0.981. The van der Waals surface area contributed by atoms with Gasteiger partial charge in [-0.05, 0) is 18.1 Å². The fraction of sp³-hybridized carbons (Fsp3) is 0.357. The highest BCUT2D eigenvalue weighted by molar-refractivity contribution is 6.32. The molecule has 1 aromatic carbocycles. The third kappa shape index (κ3) is 4.93. The summed E-state index contributed by atoms with van der Waals surface area (Å²) in [6.45, 7) is 2.94. The number of esters is 1. The zero-order valence-corrected chi connectivity index (χ0v) is 13.2. The Morgan fingerprint density at radius 2 is 2.13 bits per heavy atom. The van der Waals surface area contributed by atoms with E-state index in [2.05, 4.69) is 10.1 Å². The Hall–Kier alpha value is -2.66. The largest absolute Gasteiger partial charge is 0.449 e. The van der Waals surface area contributed by atoms with Crippen LogP contribution in [-0.4, -0.2) is 29.4 Å². The smallest absolute Gasteiger partial charge is 0.329 e. The van der Waals surface area contributed by atoms with Crippen LogP contribution >= 0.6 is 11.6 Å². The molecule has 9 heteroatoms. The van der Waals surface area contributed by atoms with E-state index >= 15 is 0 Å². The highest BCUT2D eigenvalue weighted by Crippen LogP contribution is 2.25. The lowest BCUT2D eigenvalue weighted by molar-refractivity contribution is -0.384. The van der Waals surface area contributed by atoms with Crippen molar-refractivity contribution in [2.75, 3.05) is 6.61 Å². The van der Waals surface area contributed by atoms with E-state index in [9.17, 15) is 19.7 Å². The lowest BCUT2D eigenvalue weighted by atomic mass is 10.0. The van der Waals surface area contributed by atoms with Crippen molar-refractivity contribution in [1.29, 1.82) is 5.26 Å². The molecule has 0 unspecified atom stereocenters. The summed E-state index contributed by atoms with van der Waals surface area (Å²) in [7, 11) is 0. The van der Waals surface area contributed by atoms with Gasteiger partial charge in [-0.3, -0.25) is 14.9 Å². The third-order valence-corrected chi connectivity index (χ3v) is 3.21. The molecule has 0 fully saturated rings. The molecule has 0 heterocycles. The standard InChI is InChI=1S/C14H14ClN3O5/c1-8(2)12(14(20)23-6-5-16)17-13(19)9-3-4-10(15)11(7-9)18(21)22/h3-4,7-8,12H,6H2,1-2H3,(H,17,19)/t12-/m0/s1. The summed E-state index contributed by atoms with van der Waals surface area (Å²) in [4.78, 5) is 34.1. The number of nitrogens with one attached hydrogen (secondary N) is 1. The Kier molecular flexibility index (Phi) is 6.48. The Morgan fingerprint density at radius 1 is 1.48 bits per heavy atom. The minimum Gasteiger partial charge on any atom is -0.449 e.